The van der Waals surface area contributed by atoms with Crippen molar-refractivity contribution in [3.8, 4) is 0 Å². The molecule has 1 aromatic carbocycles. The van der Waals surface area contributed by atoms with E-state index in [9.17, 15) is 0 Å². The average Bonchev–Trinajstić information content (AvgIpc) is 2.67. The van der Waals surface area contributed by atoms with Gasteiger partial charge in [0.2, 0.25) is 0 Å². The zero-order valence-corrected chi connectivity index (χ0v) is 14.3. The number of hydrogen-bond acceptors (Lipinski definition) is 1. The van der Waals surface area contributed by atoms with Crippen LogP contribution in [0.3, 0.4) is 0 Å². The van der Waals surface area contributed by atoms with Crippen LogP contribution in [0.5, 0.6) is 0 Å². The maximum absolute atomic E-state index is 3.81. The van der Waals surface area contributed by atoms with Crippen molar-refractivity contribution in [2.75, 3.05) is 12.4 Å². The molecular weight excluding hydrogens is 290 g/mol. The number of rotatable bonds is 5. The second-order valence-electron chi connectivity index (χ2n) is 6.19. The normalized spacial score (nSPS) is 20.0. The molecule has 0 radical (unpaired) electrons. The highest BCUT2D eigenvalue weighted by Crippen LogP contribution is 2.40. The first-order valence-corrected chi connectivity index (χ1v) is 8.67. The van der Waals surface area contributed by atoms with Crippen molar-refractivity contribution >= 4 is 11.8 Å². The molecule has 0 saturated carbocycles. The van der Waals surface area contributed by atoms with Crippen LogP contribution in [0.15, 0.2) is 84.5 Å². The third kappa shape index (κ3) is 3.51. The minimum Gasteiger partial charge on any atom is -0.388 e. The summed E-state index contributed by atoms with van der Waals surface area (Å²) in [4.78, 5) is 0. The zero-order valence-electron chi connectivity index (χ0n) is 14.3. The van der Waals surface area contributed by atoms with Gasteiger partial charge in [0.15, 0.2) is 0 Å². The molecule has 1 atom stereocenters. The predicted octanol–water partition coefficient (Wildman–Crippen LogP) is 6.17. The molecule has 0 amide bonds. The van der Waals surface area contributed by atoms with E-state index in [0.29, 0.717) is 5.92 Å². The lowest BCUT2D eigenvalue weighted by molar-refractivity contribution is 0.782. The van der Waals surface area contributed by atoms with Crippen LogP contribution in [-0.2, 0) is 0 Å². The Bertz CT molecular complexity index is 756. The van der Waals surface area contributed by atoms with Gasteiger partial charge >= 0.3 is 0 Å². The minimum absolute atomic E-state index is 0.420. The van der Waals surface area contributed by atoms with Gasteiger partial charge in [-0.1, -0.05) is 67.3 Å². The second-order valence-corrected chi connectivity index (χ2v) is 6.19. The molecule has 0 heterocycles. The molecule has 1 aromatic rings. The molecule has 0 fully saturated rings. The summed E-state index contributed by atoms with van der Waals surface area (Å²) in [7, 11) is 1.96. The fourth-order valence-corrected chi connectivity index (χ4v) is 3.46. The van der Waals surface area contributed by atoms with Crippen LogP contribution in [-0.4, -0.2) is 7.05 Å². The van der Waals surface area contributed by atoms with Gasteiger partial charge < -0.3 is 5.32 Å². The molecule has 2 aliphatic carbocycles. The topological polar surface area (TPSA) is 12.0 Å². The smallest absolute Gasteiger partial charge is 0.0343 e. The highest BCUT2D eigenvalue weighted by Gasteiger charge is 2.22. The van der Waals surface area contributed by atoms with Gasteiger partial charge in [-0.05, 0) is 53.7 Å². The fourth-order valence-electron chi connectivity index (χ4n) is 3.46. The van der Waals surface area contributed by atoms with Crippen molar-refractivity contribution in [1.29, 1.82) is 0 Å². The van der Waals surface area contributed by atoms with E-state index in [4.69, 9.17) is 0 Å². The molecule has 24 heavy (non-hydrogen) atoms. The number of nitrogens with one attached hydrogen (secondary N) is 1. The molecule has 2 aliphatic rings. The summed E-state index contributed by atoms with van der Waals surface area (Å²) in [5.41, 5.74) is 6.73. The van der Waals surface area contributed by atoms with E-state index >= 15 is 0 Å². The van der Waals surface area contributed by atoms with Crippen LogP contribution in [0.25, 0.3) is 6.08 Å². The van der Waals surface area contributed by atoms with Crippen LogP contribution in [0.1, 0.15) is 36.3 Å². The van der Waals surface area contributed by atoms with Gasteiger partial charge in [-0.25, -0.2) is 0 Å². The summed E-state index contributed by atoms with van der Waals surface area (Å²) < 4.78 is 0. The summed E-state index contributed by atoms with van der Waals surface area (Å²) in [6, 6.07) is 6.66. The Morgan fingerprint density at radius 1 is 1.17 bits per heavy atom. The lowest BCUT2D eigenvalue weighted by Gasteiger charge is -2.27. The molecule has 0 aromatic heterocycles. The second kappa shape index (κ2) is 7.83. The lowest BCUT2D eigenvalue weighted by atomic mass is 9.78. The van der Waals surface area contributed by atoms with Crippen LogP contribution >= 0.6 is 0 Å². The zero-order chi connectivity index (χ0) is 16.8. The highest BCUT2D eigenvalue weighted by molar-refractivity contribution is 5.64. The van der Waals surface area contributed by atoms with E-state index in [1.54, 1.807) is 0 Å². The summed E-state index contributed by atoms with van der Waals surface area (Å²) in [6.45, 7) is 3.81. The predicted molar refractivity (Wildman–Crippen MR) is 106 cm³/mol. The van der Waals surface area contributed by atoms with E-state index in [0.717, 1.165) is 24.9 Å². The summed E-state index contributed by atoms with van der Waals surface area (Å²) in [5, 5.41) is 3.24. The average molecular weight is 315 g/mol. The van der Waals surface area contributed by atoms with Crippen LogP contribution in [0, 0.1) is 0 Å². The van der Waals surface area contributed by atoms with Gasteiger partial charge in [0.25, 0.3) is 0 Å². The summed E-state index contributed by atoms with van der Waals surface area (Å²) >= 11 is 0. The Hall–Kier alpha value is -2.54. The summed E-state index contributed by atoms with van der Waals surface area (Å²) in [5.74, 6) is 0.420. The Kier molecular flexibility index (Phi) is 5.32. The van der Waals surface area contributed by atoms with Gasteiger partial charge in [-0.2, -0.15) is 0 Å². The van der Waals surface area contributed by atoms with E-state index < -0.39 is 0 Å². The quantitative estimate of drug-likeness (QED) is 0.640. The largest absolute Gasteiger partial charge is 0.388 e. The molecule has 0 aliphatic heterocycles. The van der Waals surface area contributed by atoms with Crippen molar-refractivity contribution in [2.45, 2.75) is 25.2 Å². The summed E-state index contributed by atoms with van der Waals surface area (Å²) in [6.07, 6.45) is 22.8. The van der Waals surface area contributed by atoms with Crippen LogP contribution in [0.4, 0.5) is 5.69 Å². The van der Waals surface area contributed by atoms with E-state index in [1.165, 1.54) is 22.3 Å². The highest BCUT2D eigenvalue weighted by atomic mass is 14.8. The lowest BCUT2D eigenvalue weighted by Crippen LogP contribution is -2.09. The SMILES string of the molecule is C=C/C=C/c1cc(NC)ccc1C1CC=CC=C1C1=CC=CCC1. The molecule has 0 spiro atoms. The molecule has 0 bridgehead atoms. The van der Waals surface area contributed by atoms with Gasteiger partial charge in [0.05, 0.1) is 0 Å². The molecule has 1 heteroatoms. The molecule has 0 saturated heterocycles. The van der Waals surface area contributed by atoms with Crippen molar-refractivity contribution in [3.05, 3.63) is 95.7 Å². The first kappa shape index (κ1) is 16.3. The maximum Gasteiger partial charge on any atom is 0.0343 e. The van der Waals surface area contributed by atoms with E-state index in [1.807, 2.05) is 19.2 Å². The number of allylic oxidation sites excluding steroid dienone is 10. The van der Waals surface area contributed by atoms with Crippen LogP contribution < -0.4 is 5.32 Å². The van der Waals surface area contributed by atoms with Crippen molar-refractivity contribution < 1.29 is 0 Å². The van der Waals surface area contributed by atoms with Crippen molar-refractivity contribution in [1.82, 2.24) is 0 Å². The van der Waals surface area contributed by atoms with Crippen molar-refractivity contribution in [3.63, 3.8) is 0 Å². The monoisotopic (exact) mass is 315 g/mol. The fraction of sp³-hybridized carbons (Fsp3) is 0.217. The number of benzene rings is 1. The first-order valence-electron chi connectivity index (χ1n) is 8.67. The number of anilines is 1. The Balaban J connectivity index is 2.03. The van der Waals surface area contributed by atoms with Gasteiger partial charge in [0.1, 0.15) is 0 Å². The van der Waals surface area contributed by atoms with Crippen LogP contribution in [0.2, 0.25) is 0 Å². The van der Waals surface area contributed by atoms with Gasteiger partial charge in [-0.15, -0.1) is 0 Å². The molecule has 1 N–H and O–H groups in total. The molecule has 122 valence electrons. The Morgan fingerprint density at radius 3 is 2.79 bits per heavy atom. The van der Waals surface area contributed by atoms with Crippen molar-refractivity contribution in [2.24, 2.45) is 0 Å². The minimum atomic E-state index is 0.420. The Morgan fingerprint density at radius 2 is 2.04 bits per heavy atom. The first-order chi connectivity index (χ1) is 11.8. The standard InChI is InChI=1S/C23H25N/c1-3-4-10-19-17-20(24-2)15-16-22(19)23-14-9-8-13-21(23)18-11-6-5-7-12-18/h3-6,8-11,13,15-17,23-24H,1,7,12,14H2,2H3/b10-4+. The third-order valence-corrected chi connectivity index (χ3v) is 4.71. The Labute approximate surface area is 145 Å². The molecule has 1 nitrogen and oxygen atoms in total. The van der Waals surface area contributed by atoms with Gasteiger partial charge in [-0.3, -0.25) is 0 Å². The van der Waals surface area contributed by atoms with E-state index in [2.05, 4.69) is 72.6 Å². The third-order valence-electron chi connectivity index (χ3n) is 4.71. The molecule has 3 rings (SSSR count). The molecule has 1 unspecified atom stereocenters. The molecular formula is C23H25N. The number of hydrogen-bond donors (Lipinski definition) is 1. The van der Waals surface area contributed by atoms with Gasteiger partial charge in [0, 0.05) is 18.7 Å². The van der Waals surface area contributed by atoms with E-state index in [-0.39, 0.29) is 0 Å². The maximum atomic E-state index is 3.81.